The van der Waals surface area contributed by atoms with E-state index in [4.69, 9.17) is 5.11 Å². The summed E-state index contributed by atoms with van der Waals surface area (Å²) in [6.07, 6.45) is 1.22. The molecule has 0 bridgehead atoms. The number of imide groups is 1. The molecule has 3 rings (SSSR count). The van der Waals surface area contributed by atoms with Crippen LogP contribution in [0.25, 0.3) is 11.4 Å². The summed E-state index contributed by atoms with van der Waals surface area (Å²) in [4.78, 5) is 29.1. The molecule has 2 amide bonds. The van der Waals surface area contributed by atoms with E-state index in [-0.39, 0.29) is 18.8 Å². The summed E-state index contributed by atoms with van der Waals surface area (Å²) < 4.78 is 0. The Hall–Kier alpha value is -3.00. The Morgan fingerprint density at radius 1 is 1.35 bits per heavy atom. The highest BCUT2D eigenvalue weighted by Gasteiger charge is 2.30. The third-order valence-corrected chi connectivity index (χ3v) is 3.33. The number of β-amino-alcohol motifs (C(OH)–C–C–N with tert-alkyl or cyclic N) is 1. The Labute approximate surface area is 131 Å². The third-order valence-electron chi connectivity index (χ3n) is 3.33. The van der Waals surface area contributed by atoms with Crippen molar-refractivity contribution in [2.75, 3.05) is 18.5 Å². The van der Waals surface area contributed by atoms with Gasteiger partial charge in [-0.25, -0.2) is 4.98 Å². The molecular formula is C15H15N5O3. The molecule has 0 saturated heterocycles. The van der Waals surface area contributed by atoms with Crippen molar-refractivity contribution < 1.29 is 14.7 Å². The lowest BCUT2D eigenvalue weighted by molar-refractivity contribution is -0.137. The van der Waals surface area contributed by atoms with Gasteiger partial charge in [0.25, 0.3) is 11.8 Å². The van der Waals surface area contributed by atoms with Crippen molar-refractivity contribution in [3.63, 3.8) is 0 Å². The summed E-state index contributed by atoms with van der Waals surface area (Å²) >= 11 is 0. The lowest BCUT2D eigenvalue weighted by Crippen LogP contribution is -2.34. The minimum atomic E-state index is -0.455. The van der Waals surface area contributed by atoms with Crippen LogP contribution in [-0.2, 0) is 9.59 Å². The first-order valence-corrected chi connectivity index (χ1v) is 7.03. The highest BCUT2D eigenvalue weighted by molar-refractivity contribution is 6.17. The molecular weight excluding hydrogens is 298 g/mol. The smallest absolute Gasteiger partial charge is 0.277 e. The lowest BCUT2D eigenvalue weighted by atomic mass is 10.2. The number of hydrogen-bond donors (Lipinski definition) is 3. The van der Waals surface area contributed by atoms with Gasteiger partial charge >= 0.3 is 0 Å². The van der Waals surface area contributed by atoms with Crippen molar-refractivity contribution in [1.82, 2.24) is 20.1 Å². The summed E-state index contributed by atoms with van der Waals surface area (Å²) in [5, 5.41) is 18.7. The number of aliphatic hydroxyl groups excluding tert-OH is 1. The molecule has 2 heterocycles. The molecule has 0 atom stereocenters. The Morgan fingerprint density at radius 3 is 2.87 bits per heavy atom. The number of rotatable bonds is 5. The zero-order chi connectivity index (χ0) is 16.4. The van der Waals surface area contributed by atoms with Gasteiger partial charge in [-0.1, -0.05) is 12.1 Å². The molecule has 2 aromatic rings. The number of hydrogen-bond acceptors (Lipinski definition) is 6. The van der Waals surface area contributed by atoms with Gasteiger partial charge < -0.3 is 10.4 Å². The molecule has 0 aliphatic carbocycles. The molecule has 0 unspecified atom stereocenters. The summed E-state index contributed by atoms with van der Waals surface area (Å²) in [7, 11) is 0. The van der Waals surface area contributed by atoms with E-state index in [0.29, 0.717) is 17.3 Å². The minimum absolute atomic E-state index is 0.0180. The highest BCUT2D eigenvalue weighted by Crippen LogP contribution is 2.22. The van der Waals surface area contributed by atoms with Crippen LogP contribution in [0.3, 0.4) is 0 Å². The number of aryl methyl sites for hydroxylation is 1. The molecule has 1 aliphatic rings. The minimum Gasteiger partial charge on any atom is -0.395 e. The van der Waals surface area contributed by atoms with Crippen molar-refractivity contribution in [2.45, 2.75) is 6.92 Å². The fourth-order valence-corrected chi connectivity index (χ4v) is 2.27. The van der Waals surface area contributed by atoms with E-state index >= 15 is 0 Å². The number of carbonyl (C=O) groups excluding carboxylic acids is 2. The van der Waals surface area contributed by atoms with Gasteiger partial charge in [-0.3, -0.25) is 19.6 Å². The zero-order valence-corrected chi connectivity index (χ0v) is 12.4. The molecule has 8 heteroatoms. The quantitative estimate of drug-likeness (QED) is 0.691. The predicted molar refractivity (Wildman–Crippen MR) is 82.1 cm³/mol. The van der Waals surface area contributed by atoms with Crippen LogP contribution in [-0.4, -0.2) is 50.2 Å². The number of benzene rings is 1. The van der Waals surface area contributed by atoms with Crippen LogP contribution in [0.5, 0.6) is 0 Å². The van der Waals surface area contributed by atoms with Crippen LogP contribution < -0.4 is 5.32 Å². The van der Waals surface area contributed by atoms with E-state index in [9.17, 15) is 9.59 Å². The summed E-state index contributed by atoms with van der Waals surface area (Å²) in [6, 6.07) is 7.21. The number of nitrogens with one attached hydrogen (secondary N) is 2. The molecule has 1 aliphatic heterocycles. The van der Waals surface area contributed by atoms with E-state index in [2.05, 4.69) is 20.5 Å². The van der Waals surface area contributed by atoms with Gasteiger partial charge in [-0.05, 0) is 19.1 Å². The van der Waals surface area contributed by atoms with E-state index < -0.39 is 11.8 Å². The van der Waals surface area contributed by atoms with Crippen LogP contribution in [0.2, 0.25) is 0 Å². The second kappa shape index (κ2) is 6.01. The fraction of sp³-hybridized carbons (Fsp3) is 0.200. The number of carbonyl (C=O) groups is 2. The van der Waals surface area contributed by atoms with E-state index in [1.54, 1.807) is 18.2 Å². The van der Waals surface area contributed by atoms with Gasteiger partial charge in [0.15, 0.2) is 5.82 Å². The van der Waals surface area contributed by atoms with Crippen molar-refractivity contribution in [2.24, 2.45) is 0 Å². The molecule has 1 aromatic carbocycles. The normalized spacial score (nSPS) is 14.3. The number of amides is 2. The molecule has 8 nitrogen and oxygen atoms in total. The number of nitrogens with zero attached hydrogens (tertiary/aromatic N) is 3. The molecule has 3 N–H and O–H groups in total. The van der Waals surface area contributed by atoms with Crippen LogP contribution >= 0.6 is 0 Å². The van der Waals surface area contributed by atoms with Crippen molar-refractivity contribution in [1.29, 1.82) is 0 Å². The molecule has 0 radical (unpaired) electrons. The summed E-state index contributed by atoms with van der Waals surface area (Å²) in [5.74, 6) is 0.364. The molecule has 118 valence electrons. The lowest BCUT2D eigenvalue weighted by Gasteiger charge is -2.13. The molecule has 23 heavy (non-hydrogen) atoms. The Kier molecular flexibility index (Phi) is 3.90. The Balaban J connectivity index is 1.80. The SMILES string of the molecule is Cc1nc(-c2cccc(NC3=CC(=O)N(CCO)C3=O)c2)n[nH]1. The molecule has 0 spiro atoms. The van der Waals surface area contributed by atoms with Gasteiger partial charge in [0.2, 0.25) is 0 Å². The second-order valence-corrected chi connectivity index (χ2v) is 5.03. The van der Waals surface area contributed by atoms with Crippen LogP contribution in [0.4, 0.5) is 5.69 Å². The number of aromatic nitrogens is 3. The standard InChI is InChI=1S/C15H15N5O3/c1-9-16-14(19-18-9)10-3-2-4-11(7-10)17-12-8-13(22)20(5-6-21)15(12)23/h2-4,7-8,17,21H,5-6H2,1H3,(H,16,18,19). The maximum Gasteiger partial charge on any atom is 0.277 e. The average molecular weight is 313 g/mol. The first-order valence-electron chi connectivity index (χ1n) is 7.03. The first kappa shape index (κ1) is 14.9. The highest BCUT2D eigenvalue weighted by atomic mass is 16.3. The number of aromatic amines is 1. The van der Waals surface area contributed by atoms with Crippen LogP contribution in [0, 0.1) is 6.92 Å². The van der Waals surface area contributed by atoms with E-state index in [1.807, 2.05) is 13.0 Å². The van der Waals surface area contributed by atoms with Crippen molar-refractivity contribution >= 4 is 17.5 Å². The number of H-pyrrole nitrogens is 1. The van der Waals surface area contributed by atoms with Gasteiger partial charge in [0.1, 0.15) is 11.5 Å². The maximum atomic E-state index is 12.1. The predicted octanol–water partition coefficient (Wildman–Crippen LogP) is 0.437. The largest absolute Gasteiger partial charge is 0.395 e. The van der Waals surface area contributed by atoms with Crippen molar-refractivity contribution in [3.8, 4) is 11.4 Å². The number of anilines is 1. The first-order chi connectivity index (χ1) is 11.1. The topological polar surface area (TPSA) is 111 Å². The summed E-state index contributed by atoms with van der Waals surface area (Å²) in [5.41, 5.74) is 1.60. The van der Waals surface area contributed by atoms with Gasteiger partial charge in [-0.2, -0.15) is 5.10 Å². The fourth-order valence-electron chi connectivity index (χ4n) is 2.27. The van der Waals surface area contributed by atoms with Crippen LogP contribution in [0.15, 0.2) is 36.0 Å². The second-order valence-electron chi connectivity index (χ2n) is 5.03. The third kappa shape index (κ3) is 2.97. The van der Waals surface area contributed by atoms with Gasteiger partial charge in [-0.15, -0.1) is 0 Å². The van der Waals surface area contributed by atoms with Crippen LogP contribution in [0.1, 0.15) is 5.82 Å². The zero-order valence-electron chi connectivity index (χ0n) is 12.4. The molecule has 0 fully saturated rings. The van der Waals surface area contributed by atoms with E-state index in [0.717, 1.165) is 10.5 Å². The summed E-state index contributed by atoms with van der Waals surface area (Å²) in [6.45, 7) is 1.52. The number of aliphatic hydroxyl groups is 1. The van der Waals surface area contributed by atoms with Gasteiger partial charge in [0, 0.05) is 17.3 Å². The van der Waals surface area contributed by atoms with E-state index in [1.165, 1.54) is 6.08 Å². The van der Waals surface area contributed by atoms with Gasteiger partial charge in [0.05, 0.1) is 13.2 Å². The maximum absolute atomic E-state index is 12.1. The molecule has 0 saturated carbocycles. The Bertz CT molecular complexity index is 796. The Morgan fingerprint density at radius 2 is 2.17 bits per heavy atom. The van der Waals surface area contributed by atoms with Crippen molar-refractivity contribution in [3.05, 3.63) is 41.9 Å². The average Bonchev–Trinajstić information content (AvgIpc) is 3.07. The monoisotopic (exact) mass is 313 g/mol. The molecule has 1 aromatic heterocycles.